The van der Waals surface area contributed by atoms with E-state index in [1.165, 1.54) is 0 Å². The van der Waals surface area contributed by atoms with E-state index in [0.717, 1.165) is 20.9 Å². The molecule has 3 aromatic carbocycles. The number of carbonyl (C=O) groups excluding carboxylic acids is 1. The van der Waals surface area contributed by atoms with Crippen molar-refractivity contribution >= 4 is 55.6 Å². The molecule has 0 heterocycles. The van der Waals surface area contributed by atoms with Gasteiger partial charge in [-0.25, -0.2) is 0 Å². The molecule has 1 amide bonds. The summed E-state index contributed by atoms with van der Waals surface area (Å²) in [6, 6.07) is 19.1. The molecular formula is C22H21BrN2O2S. The molecular weight excluding hydrogens is 436 g/mol. The second-order valence-corrected chi connectivity index (χ2v) is 8.05. The SMILES string of the molecule is CC(C)COc1ccc(C(=O)NC(=S)Nc2cccc3ccccc23)cc1Br. The minimum absolute atomic E-state index is 0.248. The first kappa shape index (κ1) is 20.3. The molecule has 0 bridgehead atoms. The first-order valence-corrected chi connectivity index (χ1v) is 10.2. The van der Waals surface area contributed by atoms with E-state index in [4.69, 9.17) is 17.0 Å². The summed E-state index contributed by atoms with van der Waals surface area (Å²) in [6.45, 7) is 4.78. The van der Waals surface area contributed by atoms with Crippen LogP contribution in [0.25, 0.3) is 10.8 Å². The van der Waals surface area contributed by atoms with Crippen LogP contribution in [0.1, 0.15) is 24.2 Å². The number of fused-ring (bicyclic) bond motifs is 1. The van der Waals surface area contributed by atoms with Crippen LogP contribution in [-0.2, 0) is 0 Å². The van der Waals surface area contributed by atoms with E-state index >= 15 is 0 Å². The molecule has 4 nitrogen and oxygen atoms in total. The summed E-state index contributed by atoms with van der Waals surface area (Å²) < 4.78 is 6.45. The van der Waals surface area contributed by atoms with E-state index in [1.807, 2.05) is 42.5 Å². The Morgan fingerprint density at radius 1 is 1.11 bits per heavy atom. The Morgan fingerprint density at radius 3 is 2.61 bits per heavy atom. The number of hydrogen-bond donors (Lipinski definition) is 2. The van der Waals surface area contributed by atoms with Gasteiger partial charge in [0, 0.05) is 16.6 Å². The van der Waals surface area contributed by atoms with Crippen molar-refractivity contribution in [1.82, 2.24) is 5.32 Å². The first-order valence-electron chi connectivity index (χ1n) is 8.96. The predicted octanol–water partition coefficient (Wildman–Crippen LogP) is 5.76. The molecule has 2 N–H and O–H groups in total. The van der Waals surface area contributed by atoms with Crippen molar-refractivity contribution in [2.24, 2.45) is 5.92 Å². The molecule has 0 aliphatic heterocycles. The molecule has 0 radical (unpaired) electrons. The summed E-state index contributed by atoms with van der Waals surface area (Å²) in [5.74, 6) is 0.850. The standard InChI is InChI=1S/C22H21BrN2O2S/c1-14(2)13-27-20-11-10-16(12-18(20)23)21(26)25-22(28)24-19-9-5-7-15-6-3-4-8-17(15)19/h3-12,14H,13H2,1-2H3,(H2,24,25,26,28). The van der Waals surface area contributed by atoms with Crippen molar-refractivity contribution in [3.63, 3.8) is 0 Å². The van der Waals surface area contributed by atoms with E-state index in [-0.39, 0.29) is 11.0 Å². The van der Waals surface area contributed by atoms with Crippen molar-refractivity contribution in [3.8, 4) is 5.75 Å². The number of anilines is 1. The topological polar surface area (TPSA) is 50.4 Å². The third-order valence-corrected chi connectivity index (χ3v) is 4.85. The third kappa shape index (κ3) is 5.09. The summed E-state index contributed by atoms with van der Waals surface area (Å²) >= 11 is 8.78. The number of carbonyl (C=O) groups is 1. The summed E-state index contributed by atoms with van der Waals surface area (Å²) in [5, 5.41) is 8.22. The zero-order valence-electron chi connectivity index (χ0n) is 15.7. The molecule has 0 aliphatic carbocycles. The fourth-order valence-electron chi connectivity index (χ4n) is 2.68. The average molecular weight is 457 g/mol. The molecule has 3 rings (SSSR count). The Morgan fingerprint density at radius 2 is 1.86 bits per heavy atom. The van der Waals surface area contributed by atoms with Gasteiger partial charge in [-0.3, -0.25) is 10.1 Å². The lowest BCUT2D eigenvalue weighted by atomic mass is 10.1. The number of ether oxygens (including phenoxy) is 1. The quantitative estimate of drug-likeness (QED) is 0.478. The molecule has 0 unspecified atom stereocenters. The van der Waals surface area contributed by atoms with Crippen molar-refractivity contribution in [2.75, 3.05) is 11.9 Å². The molecule has 6 heteroatoms. The second kappa shape index (κ2) is 9.17. The first-order chi connectivity index (χ1) is 13.4. The Labute approximate surface area is 178 Å². The van der Waals surface area contributed by atoms with Gasteiger partial charge >= 0.3 is 0 Å². The van der Waals surface area contributed by atoms with Crippen LogP contribution in [0.5, 0.6) is 5.75 Å². The Hall–Kier alpha value is -2.44. The number of hydrogen-bond acceptors (Lipinski definition) is 3. The number of rotatable bonds is 5. The zero-order chi connectivity index (χ0) is 20.1. The van der Waals surface area contributed by atoms with Crippen LogP contribution in [-0.4, -0.2) is 17.6 Å². The minimum atomic E-state index is -0.283. The maximum Gasteiger partial charge on any atom is 0.257 e. The normalized spacial score (nSPS) is 10.7. The molecule has 0 saturated heterocycles. The molecule has 0 atom stereocenters. The molecule has 0 saturated carbocycles. The highest BCUT2D eigenvalue weighted by Crippen LogP contribution is 2.27. The van der Waals surface area contributed by atoms with Gasteiger partial charge in [0.05, 0.1) is 11.1 Å². The fourth-order valence-corrected chi connectivity index (χ4v) is 3.37. The highest BCUT2D eigenvalue weighted by molar-refractivity contribution is 9.10. The number of nitrogens with one attached hydrogen (secondary N) is 2. The Balaban J connectivity index is 1.67. The largest absolute Gasteiger partial charge is 0.492 e. The summed E-state index contributed by atoms with van der Waals surface area (Å²) in [5.41, 5.74) is 1.34. The van der Waals surface area contributed by atoms with Crippen LogP contribution in [0.2, 0.25) is 0 Å². The third-order valence-electron chi connectivity index (χ3n) is 4.03. The minimum Gasteiger partial charge on any atom is -0.492 e. The summed E-state index contributed by atoms with van der Waals surface area (Å²) in [7, 11) is 0. The van der Waals surface area contributed by atoms with Gasteiger partial charge in [-0.2, -0.15) is 0 Å². The van der Waals surface area contributed by atoms with Gasteiger partial charge in [-0.05, 0) is 63.7 Å². The van der Waals surface area contributed by atoms with Crippen LogP contribution >= 0.6 is 28.1 Å². The number of halogens is 1. The van der Waals surface area contributed by atoms with Crippen LogP contribution in [0.3, 0.4) is 0 Å². The lowest BCUT2D eigenvalue weighted by molar-refractivity contribution is 0.0977. The van der Waals surface area contributed by atoms with Gasteiger partial charge in [0.1, 0.15) is 5.75 Å². The Bertz CT molecular complexity index is 1020. The molecule has 0 aliphatic rings. The number of amides is 1. The maximum absolute atomic E-state index is 12.5. The monoisotopic (exact) mass is 456 g/mol. The fraction of sp³-hybridized carbons (Fsp3) is 0.182. The summed E-state index contributed by atoms with van der Waals surface area (Å²) in [6.07, 6.45) is 0. The van der Waals surface area contributed by atoms with E-state index < -0.39 is 0 Å². The van der Waals surface area contributed by atoms with Crippen molar-refractivity contribution in [1.29, 1.82) is 0 Å². The second-order valence-electron chi connectivity index (χ2n) is 6.79. The van der Waals surface area contributed by atoms with Gasteiger partial charge in [-0.1, -0.05) is 50.2 Å². The van der Waals surface area contributed by atoms with Crippen LogP contribution in [0.4, 0.5) is 5.69 Å². The molecule has 144 valence electrons. The molecule has 28 heavy (non-hydrogen) atoms. The highest BCUT2D eigenvalue weighted by atomic mass is 79.9. The highest BCUT2D eigenvalue weighted by Gasteiger charge is 2.12. The molecule has 3 aromatic rings. The Kier molecular flexibility index (Phi) is 6.65. The van der Waals surface area contributed by atoms with E-state index in [0.29, 0.717) is 23.8 Å². The average Bonchev–Trinajstić information content (AvgIpc) is 2.67. The van der Waals surface area contributed by atoms with E-state index in [9.17, 15) is 4.79 Å². The lowest BCUT2D eigenvalue weighted by Crippen LogP contribution is -2.34. The lowest BCUT2D eigenvalue weighted by Gasteiger charge is -2.13. The maximum atomic E-state index is 12.5. The van der Waals surface area contributed by atoms with E-state index in [1.54, 1.807) is 18.2 Å². The smallest absolute Gasteiger partial charge is 0.257 e. The molecule has 0 aromatic heterocycles. The molecule has 0 fully saturated rings. The number of benzene rings is 3. The van der Waals surface area contributed by atoms with Crippen molar-refractivity contribution in [2.45, 2.75) is 13.8 Å². The van der Waals surface area contributed by atoms with Gasteiger partial charge in [0.2, 0.25) is 0 Å². The molecule has 0 spiro atoms. The van der Waals surface area contributed by atoms with Gasteiger partial charge in [0.15, 0.2) is 5.11 Å². The van der Waals surface area contributed by atoms with Crippen LogP contribution < -0.4 is 15.4 Å². The van der Waals surface area contributed by atoms with Crippen LogP contribution in [0.15, 0.2) is 65.1 Å². The predicted molar refractivity (Wildman–Crippen MR) is 122 cm³/mol. The van der Waals surface area contributed by atoms with Gasteiger partial charge < -0.3 is 10.1 Å². The van der Waals surface area contributed by atoms with E-state index in [2.05, 4.69) is 40.4 Å². The summed E-state index contributed by atoms with van der Waals surface area (Å²) in [4.78, 5) is 12.5. The van der Waals surface area contributed by atoms with Gasteiger partial charge in [0.25, 0.3) is 5.91 Å². The van der Waals surface area contributed by atoms with Gasteiger partial charge in [-0.15, -0.1) is 0 Å². The number of thiocarbonyl (C=S) groups is 1. The van der Waals surface area contributed by atoms with Crippen molar-refractivity contribution < 1.29 is 9.53 Å². The zero-order valence-corrected chi connectivity index (χ0v) is 18.1. The van der Waals surface area contributed by atoms with Crippen molar-refractivity contribution in [3.05, 3.63) is 70.7 Å². The van der Waals surface area contributed by atoms with Crippen LogP contribution in [0, 0.1) is 5.92 Å².